The maximum atomic E-state index is 12.3. The minimum absolute atomic E-state index is 0.0382. The Bertz CT molecular complexity index is 519. The summed E-state index contributed by atoms with van der Waals surface area (Å²) in [5.41, 5.74) is 1.34. The zero-order valence-electron chi connectivity index (χ0n) is 14.9. The third-order valence-electron chi connectivity index (χ3n) is 4.97. The molecule has 2 aliphatic rings. The topological polar surface area (TPSA) is 38.8 Å². The largest absolute Gasteiger partial charge is 0.461 e. The molecule has 25 heavy (non-hydrogen) atoms. The summed E-state index contributed by atoms with van der Waals surface area (Å²) < 4.78 is 11.2. The van der Waals surface area contributed by atoms with Gasteiger partial charge in [0.05, 0.1) is 19.6 Å². The van der Waals surface area contributed by atoms with Gasteiger partial charge in [0.25, 0.3) is 0 Å². The first-order valence-corrected chi connectivity index (χ1v) is 10.5. The molecule has 1 aliphatic heterocycles. The van der Waals surface area contributed by atoms with Crippen LogP contribution in [0.3, 0.4) is 0 Å². The third kappa shape index (κ3) is 6.32. The number of benzene rings is 1. The van der Waals surface area contributed by atoms with Crippen LogP contribution in [0.25, 0.3) is 0 Å². The van der Waals surface area contributed by atoms with Crippen LogP contribution in [0.2, 0.25) is 0 Å². The lowest BCUT2D eigenvalue weighted by molar-refractivity contribution is -0.150. The lowest BCUT2D eigenvalue weighted by Gasteiger charge is -2.31. The average molecular weight is 364 g/mol. The molecule has 5 heteroatoms. The highest BCUT2D eigenvalue weighted by Gasteiger charge is 2.28. The van der Waals surface area contributed by atoms with E-state index in [2.05, 4.69) is 29.2 Å². The van der Waals surface area contributed by atoms with Crippen LogP contribution >= 0.6 is 11.8 Å². The Labute approximate surface area is 155 Å². The molecule has 0 radical (unpaired) electrons. The van der Waals surface area contributed by atoms with Crippen LogP contribution in [-0.2, 0) is 20.0 Å². The summed E-state index contributed by atoms with van der Waals surface area (Å²) in [6.07, 6.45) is 5.15. The van der Waals surface area contributed by atoms with Crippen LogP contribution in [0.4, 0.5) is 0 Å². The lowest BCUT2D eigenvalue weighted by atomic mass is 9.97. The Hall–Kier alpha value is -1.04. The molecule has 2 fully saturated rings. The molecule has 0 amide bonds. The maximum Gasteiger partial charge on any atom is 0.307 e. The molecule has 1 aromatic carbocycles. The first-order valence-electron chi connectivity index (χ1n) is 9.46. The van der Waals surface area contributed by atoms with Crippen molar-refractivity contribution in [3.05, 3.63) is 35.9 Å². The monoisotopic (exact) mass is 363 g/mol. The van der Waals surface area contributed by atoms with Crippen molar-refractivity contribution in [3.8, 4) is 0 Å². The van der Waals surface area contributed by atoms with Gasteiger partial charge in [0.15, 0.2) is 0 Å². The zero-order chi connectivity index (χ0) is 17.3. The van der Waals surface area contributed by atoms with Crippen molar-refractivity contribution in [2.45, 2.75) is 49.2 Å². The molecule has 0 aromatic heterocycles. The van der Waals surface area contributed by atoms with Crippen LogP contribution in [0.15, 0.2) is 30.3 Å². The Morgan fingerprint density at radius 1 is 1.16 bits per heavy atom. The van der Waals surface area contributed by atoms with Crippen LogP contribution in [0.1, 0.15) is 37.7 Å². The number of hydrogen-bond acceptors (Lipinski definition) is 5. The zero-order valence-corrected chi connectivity index (χ0v) is 15.7. The molecule has 0 spiro atoms. The van der Waals surface area contributed by atoms with E-state index in [1.54, 1.807) is 0 Å². The van der Waals surface area contributed by atoms with Gasteiger partial charge < -0.3 is 9.47 Å². The van der Waals surface area contributed by atoms with Crippen molar-refractivity contribution < 1.29 is 14.3 Å². The van der Waals surface area contributed by atoms with Gasteiger partial charge in [-0.25, -0.2) is 0 Å². The minimum atomic E-state index is -0.0382. The summed E-state index contributed by atoms with van der Waals surface area (Å²) in [5, 5.41) is 0.432. The summed E-state index contributed by atoms with van der Waals surface area (Å²) in [5.74, 6) is 0.955. The fraction of sp³-hybridized carbons (Fsp3) is 0.650. The van der Waals surface area contributed by atoms with Crippen molar-refractivity contribution in [1.82, 2.24) is 4.90 Å². The van der Waals surface area contributed by atoms with Crippen LogP contribution in [-0.4, -0.2) is 55.1 Å². The highest BCUT2D eigenvalue weighted by atomic mass is 32.2. The Morgan fingerprint density at radius 2 is 1.92 bits per heavy atom. The number of morpholine rings is 1. The fourth-order valence-electron chi connectivity index (χ4n) is 3.47. The van der Waals surface area contributed by atoms with Gasteiger partial charge in [0.1, 0.15) is 6.10 Å². The van der Waals surface area contributed by atoms with E-state index in [4.69, 9.17) is 9.47 Å². The summed E-state index contributed by atoms with van der Waals surface area (Å²) >= 11 is 1.94. The van der Waals surface area contributed by atoms with E-state index >= 15 is 0 Å². The standard InChI is InChI=1S/C20H29NO3S/c22-20(10-11-21-12-14-23-15-13-21)24-18-8-4-5-9-19(18)25-16-17-6-2-1-3-7-17/h1-3,6-7,18-19H,4-5,8-16H2/t18-,19+/m0/s1. The van der Waals surface area contributed by atoms with Crippen LogP contribution < -0.4 is 0 Å². The van der Waals surface area contributed by atoms with Gasteiger partial charge >= 0.3 is 5.97 Å². The highest BCUT2D eigenvalue weighted by Crippen LogP contribution is 2.33. The molecule has 1 aliphatic carbocycles. The van der Waals surface area contributed by atoms with E-state index in [0.29, 0.717) is 11.7 Å². The second-order valence-electron chi connectivity index (χ2n) is 6.85. The smallest absolute Gasteiger partial charge is 0.307 e. The third-order valence-corrected chi connectivity index (χ3v) is 6.43. The number of carbonyl (C=O) groups is 1. The predicted molar refractivity (Wildman–Crippen MR) is 102 cm³/mol. The highest BCUT2D eigenvalue weighted by molar-refractivity contribution is 7.99. The molecule has 2 atom stereocenters. The molecular weight excluding hydrogens is 334 g/mol. The predicted octanol–water partition coefficient (Wildman–Crippen LogP) is 3.50. The van der Waals surface area contributed by atoms with Crippen LogP contribution in [0.5, 0.6) is 0 Å². The maximum absolute atomic E-state index is 12.3. The van der Waals surface area contributed by atoms with E-state index < -0.39 is 0 Å². The summed E-state index contributed by atoms with van der Waals surface area (Å²) in [6, 6.07) is 10.5. The molecule has 1 aromatic rings. The molecule has 4 nitrogen and oxygen atoms in total. The molecule has 1 saturated carbocycles. The SMILES string of the molecule is O=C(CCN1CCOCC1)O[C@H]1CCCC[C@H]1SCc1ccccc1. The lowest BCUT2D eigenvalue weighted by Crippen LogP contribution is -2.38. The number of nitrogens with zero attached hydrogens (tertiary/aromatic N) is 1. The average Bonchev–Trinajstić information content (AvgIpc) is 2.67. The van der Waals surface area contributed by atoms with Crippen molar-refractivity contribution in [2.75, 3.05) is 32.8 Å². The Morgan fingerprint density at radius 3 is 2.72 bits per heavy atom. The first kappa shape index (κ1) is 18.7. The molecule has 0 bridgehead atoms. The van der Waals surface area contributed by atoms with Crippen molar-refractivity contribution >= 4 is 17.7 Å². The quantitative estimate of drug-likeness (QED) is 0.693. The Kier molecular flexibility index (Phi) is 7.64. The molecule has 0 unspecified atom stereocenters. The van der Waals surface area contributed by atoms with Crippen molar-refractivity contribution in [3.63, 3.8) is 0 Å². The van der Waals surface area contributed by atoms with Crippen molar-refractivity contribution in [1.29, 1.82) is 0 Å². The molecule has 138 valence electrons. The molecule has 3 rings (SSSR count). The molecular formula is C20H29NO3S. The number of thioether (sulfide) groups is 1. The number of carbonyl (C=O) groups excluding carboxylic acids is 1. The Balaban J connectivity index is 1.42. The van der Waals surface area contributed by atoms with Gasteiger partial charge in [-0.3, -0.25) is 9.69 Å². The van der Waals surface area contributed by atoms with Gasteiger partial charge in [-0.2, -0.15) is 0 Å². The molecule has 1 saturated heterocycles. The van der Waals surface area contributed by atoms with E-state index in [0.717, 1.165) is 51.4 Å². The minimum Gasteiger partial charge on any atom is -0.461 e. The first-order chi connectivity index (χ1) is 12.3. The van der Waals surface area contributed by atoms with Gasteiger partial charge in [-0.15, -0.1) is 11.8 Å². The number of hydrogen-bond donors (Lipinski definition) is 0. The fourth-order valence-corrected chi connectivity index (χ4v) is 4.81. The van der Waals surface area contributed by atoms with Gasteiger partial charge in [-0.1, -0.05) is 36.8 Å². The summed E-state index contributed by atoms with van der Waals surface area (Å²) in [6.45, 7) is 4.18. The number of rotatable bonds is 7. The summed E-state index contributed by atoms with van der Waals surface area (Å²) in [7, 11) is 0. The second-order valence-corrected chi connectivity index (χ2v) is 8.08. The van der Waals surface area contributed by atoms with Gasteiger partial charge in [0, 0.05) is 30.6 Å². The van der Waals surface area contributed by atoms with E-state index in [-0.39, 0.29) is 12.1 Å². The van der Waals surface area contributed by atoms with Gasteiger partial charge in [-0.05, 0) is 24.8 Å². The van der Waals surface area contributed by atoms with Gasteiger partial charge in [0.2, 0.25) is 0 Å². The van der Waals surface area contributed by atoms with E-state index in [1.165, 1.54) is 18.4 Å². The van der Waals surface area contributed by atoms with E-state index in [9.17, 15) is 4.79 Å². The number of ether oxygens (including phenoxy) is 2. The number of esters is 1. The molecule has 1 heterocycles. The van der Waals surface area contributed by atoms with Crippen LogP contribution in [0, 0.1) is 0 Å². The second kappa shape index (κ2) is 10.2. The van der Waals surface area contributed by atoms with Crippen molar-refractivity contribution in [2.24, 2.45) is 0 Å². The summed E-state index contributed by atoms with van der Waals surface area (Å²) in [4.78, 5) is 14.6. The molecule has 0 N–H and O–H groups in total. The van der Waals surface area contributed by atoms with E-state index in [1.807, 2.05) is 17.8 Å². The normalized spacial score (nSPS) is 24.8.